The Kier molecular flexibility index (Phi) is 8.25. The van der Waals surface area contributed by atoms with E-state index < -0.39 is 17.6 Å². The minimum atomic E-state index is -4.54. The van der Waals surface area contributed by atoms with E-state index in [-0.39, 0.29) is 30.5 Å². The molecule has 2 amide bonds. The Morgan fingerprint density at radius 1 is 1.06 bits per heavy atom. The van der Waals surface area contributed by atoms with Gasteiger partial charge in [0.15, 0.2) is 0 Å². The van der Waals surface area contributed by atoms with Crippen LogP contribution in [0.15, 0.2) is 48.5 Å². The zero-order valence-electron chi connectivity index (χ0n) is 19.2. The third-order valence-corrected chi connectivity index (χ3v) is 7.20. The third-order valence-electron chi connectivity index (χ3n) is 6.06. The molecule has 0 atom stereocenters. The Morgan fingerprint density at radius 2 is 1.78 bits per heavy atom. The summed E-state index contributed by atoms with van der Waals surface area (Å²) in [6, 6.07) is 11.4. The molecule has 2 aromatic carbocycles. The summed E-state index contributed by atoms with van der Waals surface area (Å²) in [5, 5.41) is 12.3. The van der Waals surface area contributed by atoms with Crippen LogP contribution >= 0.6 is 22.9 Å². The molecule has 0 aliphatic heterocycles. The van der Waals surface area contributed by atoms with Crippen LogP contribution in [0.4, 0.5) is 18.3 Å². The van der Waals surface area contributed by atoms with Crippen LogP contribution in [0.25, 0.3) is 10.6 Å². The molecule has 1 saturated carbocycles. The number of halogens is 4. The largest absolute Gasteiger partial charge is 0.416 e. The molecule has 11 heteroatoms. The number of carbonyl (C=O) groups excluding carboxylic acids is 2. The molecule has 1 heterocycles. The molecule has 1 aliphatic carbocycles. The van der Waals surface area contributed by atoms with Crippen molar-refractivity contribution in [3.63, 3.8) is 0 Å². The van der Waals surface area contributed by atoms with Crippen molar-refractivity contribution < 1.29 is 22.8 Å². The Hall–Kier alpha value is -2.98. The van der Waals surface area contributed by atoms with Gasteiger partial charge in [-0.25, -0.2) is 0 Å². The maximum atomic E-state index is 13.3. The van der Waals surface area contributed by atoms with E-state index in [1.807, 2.05) is 0 Å². The molecule has 1 N–H and O–H groups in total. The Labute approximate surface area is 215 Å². The maximum absolute atomic E-state index is 13.3. The van der Waals surface area contributed by atoms with Gasteiger partial charge in [-0.1, -0.05) is 60.4 Å². The van der Waals surface area contributed by atoms with Gasteiger partial charge in [0, 0.05) is 35.2 Å². The zero-order valence-corrected chi connectivity index (χ0v) is 20.8. The highest BCUT2D eigenvalue weighted by Crippen LogP contribution is 2.31. The number of aromatic nitrogens is 2. The first kappa shape index (κ1) is 26.1. The van der Waals surface area contributed by atoms with Crippen molar-refractivity contribution >= 4 is 39.9 Å². The number of anilines is 1. The van der Waals surface area contributed by atoms with Crippen molar-refractivity contribution in [3.05, 3.63) is 64.7 Å². The summed E-state index contributed by atoms with van der Waals surface area (Å²) >= 11 is 7.12. The van der Waals surface area contributed by atoms with Gasteiger partial charge in [0.1, 0.15) is 5.01 Å². The number of benzene rings is 2. The first-order valence-corrected chi connectivity index (χ1v) is 12.8. The highest BCUT2D eigenvalue weighted by atomic mass is 35.5. The molecule has 0 unspecified atom stereocenters. The highest BCUT2D eigenvalue weighted by molar-refractivity contribution is 7.18. The molecule has 1 fully saturated rings. The van der Waals surface area contributed by atoms with Crippen LogP contribution in [0.1, 0.15) is 54.4 Å². The molecule has 1 aliphatic rings. The molecule has 1 aromatic heterocycles. The first-order valence-electron chi connectivity index (χ1n) is 11.6. The second-order valence-electron chi connectivity index (χ2n) is 8.59. The van der Waals surface area contributed by atoms with Crippen molar-refractivity contribution in [2.45, 2.75) is 50.7 Å². The van der Waals surface area contributed by atoms with Crippen molar-refractivity contribution in [1.29, 1.82) is 0 Å². The molecule has 6 nitrogen and oxygen atoms in total. The fourth-order valence-electron chi connectivity index (χ4n) is 4.22. The summed E-state index contributed by atoms with van der Waals surface area (Å²) in [6.07, 6.45) is -0.131. The lowest BCUT2D eigenvalue weighted by Gasteiger charge is -2.34. The smallest absolute Gasteiger partial charge is 0.335 e. The first-order chi connectivity index (χ1) is 17.2. The van der Waals surface area contributed by atoms with Gasteiger partial charge in [-0.2, -0.15) is 13.2 Å². The normalized spacial score (nSPS) is 14.4. The minimum absolute atomic E-state index is 0.0168. The molecule has 3 aromatic rings. The van der Waals surface area contributed by atoms with Crippen LogP contribution in [-0.4, -0.2) is 39.5 Å². The van der Waals surface area contributed by atoms with Crippen molar-refractivity contribution in [2.75, 3.05) is 11.9 Å². The van der Waals surface area contributed by atoms with Crippen LogP contribution in [0, 0.1) is 0 Å². The number of carbonyl (C=O) groups is 2. The average molecular weight is 537 g/mol. The minimum Gasteiger partial charge on any atom is -0.335 e. The molecule has 0 spiro atoms. The molecule has 0 radical (unpaired) electrons. The Morgan fingerprint density at radius 3 is 2.47 bits per heavy atom. The average Bonchev–Trinajstić information content (AvgIpc) is 3.33. The van der Waals surface area contributed by atoms with E-state index in [9.17, 15) is 22.8 Å². The maximum Gasteiger partial charge on any atom is 0.416 e. The van der Waals surface area contributed by atoms with Gasteiger partial charge in [-0.05, 0) is 43.2 Å². The van der Waals surface area contributed by atoms with E-state index in [0.717, 1.165) is 49.8 Å². The van der Waals surface area contributed by atoms with E-state index in [0.29, 0.717) is 15.2 Å². The summed E-state index contributed by atoms with van der Waals surface area (Å²) in [5.41, 5.74) is -0.0949. The van der Waals surface area contributed by atoms with Crippen LogP contribution in [0.2, 0.25) is 5.02 Å². The number of hydrogen-bond donors (Lipinski definition) is 1. The van der Waals surface area contributed by atoms with E-state index in [1.165, 1.54) is 23.5 Å². The SMILES string of the molecule is O=C(CCN(C(=O)c1cccc(C(F)(F)F)c1)C1CCCCC1)Nc1nnc(-c2ccc(Cl)cc2)s1. The van der Waals surface area contributed by atoms with Crippen molar-refractivity contribution in [1.82, 2.24) is 15.1 Å². The topological polar surface area (TPSA) is 75.2 Å². The fourth-order valence-corrected chi connectivity index (χ4v) is 5.11. The van der Waals surface area contributed by atoms with E-state index in [1.54, 1.807) is 29.2 Å². The summed E-state index contributed by atoms with van der Waals surface area (Å²) in [5.74, 6) is -0.854. The zero-order chi connectivity index (χ0) is 25.7. The molecular weight excluding hydrogens is 513 g/mol. The fraction of sp³-hybridized carbons (Fsp3) is 0.360. The lowest BCUT2D eigenvalue weighted by Crippen LogP contribution is -2.43. The van der Waals surface area contributed by atoms with E-state index in [2.05, 4.69) is 15.5 Å². The number of hydrogen-bond acceptors (Lipinski definition) is 5. The van der Waals surface area contributed by atoms with Crippen molar-refractivity contribution in [3.8, 4) is 10.6 Å². The summed E-state index contributed by atoms with van der Waals surface area (Å²) in [6.45, 7) is 0.0917. The van der Waals surface area contributed by atoms with Gasteiger partial charge >= 0.3 is 6.18 Å². The predicted molar refractivity (Wildman–Crippen MR) is 133 cm³/mol. The van der Waals surface area contributed by atoms with Gasteiger partial charge < -0.3 is 10.2 Å². The standard InChI is InChI=1S/C25H24ClF3N4O2S/c26-19-11-9-16(10-12-19)22-31-32-24(36-22)30-21(34)13-14-33(20-7-2-1-3-8-20)23(35)17-5-4-6-18(15-17)25(27,28)29/h4-6,9-12,15,20H,1-3,7-8,13-14H2,(H,30,32,34). The highest BCUT2D eigenvalue weighted by Gasteiger charge is 2.32. The van der Waals surface area contributed by atoms with Crippen molar-refractivity contribution in [2.24, 2.45) is 0 Å². The summed E-state index contributed by atoms with van der Waals surface area (Å²) in [7, 11) is 0. The van der Waals surface area contributed by atoms with Gasteiger partial charge in [-0.15, -0.1) is 10.2 Å². The molecule has 190 valence electrons. The summed E-state index contributed by atoms with van der Waals surface area (Å²) < 4.78 is 39.5. The molecule has 4 rings (SSSR count). The monoisotopic (exact) mass is 536 g/mol. The molecular formula is C25H24ClF3N4O2S. The van der Waals surface area contributed by atoms with Gasteiger partial charge in [-0.3, -0.25) is 9.59 Å². The van der Waals surface area contributed by atoms with Gasteiger partial charge in [0.25, 0.3) is 5.91 Å². The number of alkyl halides is 3. The number of nitrogens with zero attached hydrogens (tertiary/aromatic N) is 3. The number of amides is 2. The lowest BCUT2D eigenvalue weighted by molar-refractivity contribution is -0.137. The van der Waals surface area contributed by atoms with Crippen LogP contribution in [0.5, 0.6) is 0 Å². The quantitative estimate of drug-likeness (QED) is 0.365. The van der Waals surface area contributed by atoms with E-state index in [4.69, 9.17) is 11.6 Å². The Bertz CT molecular complexity index is 1210. The lowest BCUT2D eigenvalue weighted by atomic mass is 9.93. The van der Waals surface area contributed by atoms with E-state index >= 15 is 0 Å². The Balaban J connectivity index is 1.43. The molecule has 0 bridgehead atoms. The third kappa shape index (κ3) is 6.61. The van der Waals surface area contributed by atoms with Gasteiger partial charge in [0.05, 0.1) is 5.56 Å². The molecule has 0 saturated heterocycles. The van der Waals surface area contributed by atoms with Gasteiger partial charge in [0.2, 0.25) is 11.0 Å². The second-order valence-corrected chi connectivity index (χ2v) is 10.0. The van der Waals surface area contributed by atoms with Crippen LogP contribution in [-0.2, 0) is 11.0 Å². The summed E-state index contributed by atoms with van der Waals surface area (Å²) in [4.78, 5) is 27.5. The van der Waals surface area contributed by atoms with Crippen LogP contribution < -0.4 is 5.32 Å². The second kappa shape index (κ2) is 11.4. The number of rotatable bonds is 7. The molecule has 36 heavy (non-hydrogen) atoms. The van der Waals surface area contributed by atoms with Crippen LogP contribution in [0.3, 0.4) is 0 Å². The number of nitrogens with one attached hydrogen (secondary N) is 1. The predicted octanol–water partition coefficient (Wildman–Crippen LogP) is 6.68.